The van der Waals surface area contributed by atoms with Gasteiger partial charge in [0.1, 0.15) is 5.82 Å². The Morgan fingerprint density at radius 2 is 2.00 bits per heavy atom. The first-order valence-corrected chi connectivity index (χ1v) is 10.7. The molecule has 0 spiro atoms. The minimum Gasteiger partial charge on any atom is -0.343 e. The zero-order chi connectivity index (χ0) is 19.7. The molecule has 0 radical (unpaired) electrons. The van der Waals surface area contributed by atoms with Crippen LogP contribution in [0.4, 0.5) is 0 Å². The van der Waals surface area contributed by atoms with Crippen LogP contribution >= 0.6 is 15.9 Å². The lowest BCUT2D eigenvalue weighted by Crippen LogP contribution is -2.28. The molecule has 1 fully saturated rings. The fourth-order valence-corrected chi connectivity index (χ4v) is 4.17. The van der Waals surface area contributed by atoms with Crippen molar-refractivity contribution in [3.8, 4) is 0 Å². The van der Waals surface area contributed by atoms with Crippen molar-refractivity contribution in [1.82, 2.24) is 34.0 Å². The van der Waals surface area contributed by atoms with Gasteiger partial charge in [0.2, 0.25) is 11.7 Å². The number of hydrogen-bond donors (Lipinski definition) is 1. The van der Waals surface area contributed by atoms with Crippen LogP contribution in [0.5, 0.6) is 0 Å². The molecule has 150 valence electrons. The van der Waals surface area contributed by atoms with Gasteiger partial charge < -0.3 is 9.88 Å². The molecule has 4 heterocycles. The topological polar surface area (TPSA) is 101 Å². The summed E-state index contributed by atoms with van der Waals surface area (Å²) in [6.07, 6.45) is 5.99. The van der Waals surface area contributed by atoms with E-state index in [1.165, 1.54) is 4.40 Å². The lowest BCUT2D eigenvalue weighted by Gasteiger charge is -2.14. The van der Waals surface area contributed by atoms with Crippen LogP contribution in [0.2, 0.25) is 0 Å². The Kier molecular flexibility index (Phi) is 5.47. The van der Waals surface area contributed by atoms with Gasteiger partial charge in [-0.2, -0.15) is 0 Å². The van der Waals surface area contributed by atoms with E-state index >= 15 is 0 Å². The van der Waals surface area contributed by atoms with Crippen molar-refractivity contribution >= 4 is 38.8 Å². The molecule has 3 aromatic rings. The maximum absolute atomic E-state index is 13.0. The third kappa shape index (κ3) is 3.45. The van der Waals surface area contributed by atoms with Crippen LogP contribution in [-0.2, 0) is 17.8 Å². The second kappa shape index (κ2) is 8.02. The zero-order valence-electron chi connectivity index (χ0n) is 15.9. The van der Waals surface area contributed by atoms with E-state index in [2.05, 4.69) is 43.0 Å². The minimum atomic E-state index is -0.233. The summed E-state index contributed by atoms with van der Waals surface area (Å²) in [5, 5.41) is 8.51. The van der Waals surface area contributed by atoms with Crippen LogP contribution in [0, 0.1) is 0 Å². The molecule has 9 nitrogen and oxygen atoms in total. The summed E-state index contributed by atoms with van der Waals surface area (Å²) in [6, 6.07) is 0. The number of imidazole rings is 1. The monoisotopic (exact) mass is 449 g/mol. The predicted octanol–water partition coefficient (Wildman–Crippen LogP) is 2.28. The maximum atomic E-state index is 13.0. The first-order valence-electron chi connectivity index (χ1n) is 9.90. The fraction of sp³-hybridized carbons (Fsp3) is 0.611. The molecule has 0 aliphatic carbocycles. The quantitative estimate of drug-likeness (QED) is 0.440. The number of H-pyrrole nitrogens is 1. The number of fused-ring (bicyclic) bond motifs is 2. The number of nitrogens with zero attached hydrogens (tertiary/aromatic N) is 6. The lowest BCUT2D eigenvalue weighted by molar-refractivity contribution is -0.130. The number of amides is 1. The number of hydrogen-bond acceptors (Lipinski definition) is 5. The summed E-state index contributed by atoms with van der Waals surface area (Å²) < 4.78 is 3.97. The molecule has 0 bridgehead atoms. The van der Waals surface area contributed by atoms with Crippen LogP contribution in [-0.4, -0.2) is 53.0 Å². The number of rotatable bonds is 7. The summed E-state index contributed by atoms with van der Waals surface area (Å²) >= 11 is 3.33. The first-order chi connectivity index (χ1) is 13.6. The molecule has 0 saturated carbocycles. The fourth-order valence-electron chi connectivity index (χ4n) is 3.81. The maximum Gasteiger partial charge on any atom is 0.286 e. The molecule has 3 aromatic heterocycles. The van der Waals surface area contributed by atoms with Gasteiger partial charge in [-0.25, -0.2) is 9.38 Å². The Bertz CT molecular complexity index is 1060. The number of unbranched alkanes of at least 4 members (excludes halogenated alkanes) is 2. The van der Waals surface area contributed by atoms with Gasteiger partial charge >= 0.3 is 0 Å². The normalized spacial score (nSPS) is 14.6. The molecule has 1 saturated heterocycles. The van der Waals surface area contributed by atoms with Crippen molar-refractivity contribution in [3.63, 3.8) is 0 Å². The summed E-state index contributed by atoms with van der Waals surface area (Å²) in [5.74, 6) is 1.11. The number of aromatic amines is 1. The van der Waals surface area contributed by atoms with Gasteiger partial charge in [-0.1, -0.05) is 19.8 Å². The number of carbonyl (C=O) groups is 1. The molecule has 0 aromatic carbocycles. The van der Waals surface area contributed by atoms with Gasteiger partial charge in [0.25, 0.3) is 5.56 Å². The molecule has 4 rings (SSSR count). The van der Waals surface area contributed by atoms with Crippen LogP contribution in [0.15, 0.2) is 9.53 Å². The molecular formula is C18H24BrN7O2. The van der Waals surface area contributed by atoms with Crippen molar-refractivity contribution in [3.05, 3.63) is 20.9 Å². The third-order valence-electron chi connectivity index (χ3n) is 5.29. The number of nitrogens with one attached hydrogen (secondary N) is 1. The Hall–Kier alpha value is -2.23. The highest BCUT2D eigenvalue weighted by Gasteiger charge is 2.22. The highest BCUT2D eigenvalue weighted by Crippen LogP contribution is 2.17. The van der Waals surface area contributed by atoms with E-state index in [0.717, 1.165) is 45.2 Å². The third-order valence-corrected chi connectivity index (χ3v) is 5.66. The van der Waals surface area contributed by atoms with Crippen molar-refractivity contribution < 1.29 is 4.79 Å². The van der Waals surface area contributed by atoms with E-state index in [4.69, 9.17) is 0 Å². The second-order valence-electron chi connectivity index (χ2n) is 7.23. The van der Waals surface area contributed by atoms with Gasteiger partial charge in [-0.05, 0) is 35.2 Å². The number of halogens is 1. The standard InChI is InChI=1S/C18H24BrN7O2/c1-2-3-4-11-25-15-14(20-17(19)21-15)16(28)26-12(22-23-18(25)26)7-8-13(27)24-9-5-6-10-24/h2-11H2,1H3,(H,20,21). The Morgan fingerprint density at radius 3 is 2.75 bits per heavy atom. The highest BCUT2D eigenvalue weighted by molar-refractivity contribution is 9.10. The van der Waals surface area contributed by atoms with Crippen molar-refractivity contribution in [1.29, 1.82) is 0 Å². The highest BCUT2D eigenvalue weighted by atomic mass is 79.9. The predicted molar refractivity (Wildman–Crippen MR) is 108 cm³/mol. The van der Waals surface area contributed by atoms with Crippen LogP contribution in [0.1, 0.15) is 51.3 Å². The molecule has 10 heteroatoms. The smallest absolute Gasteiger partial charge is 0.286 e. The van der Waals surface area contributed by atoms with Gasteiger partial charge in [-0.3, -0.25) is 14.2 Å². The van der Waals surface area contributed by atoms with E-state index < -0.39 is 0 Å². The number of aryl methyl sites for hydroxylation is 2. The first kappa shape index (κ1) is 19.1. The van der Waals surface area contributed by atoms with Crippen molar-refractivity contribution in [2.24, 2.45) is 0 Å². The average molecular weight is 450 g/mol. The molecular weight excluding hydrogens is 426 g/mol. The second-order valence-corrected chi connectivity index (χ2v) is 7.98. The number of carbonyl (C=O) groups excluding carboxylic acids is 1. The van der Waals surface area contributed by atoms with Gasteiger partial charge in [0.05, 0.1) is 0 Å². The van der Waals surface area contributed by atoms with Gasteiger partial charge in [-0.15, -0.1) is 10.2 Å². The molecule has 1 aliphatic rings. The van der Waals surface area contributed by atoms with E-state index in [-0.39, 0.29) is 11.5 Å². The summed E-state index contributed by atoms with van der Waals surface area (Å²) in [6.45, 7) is 4.50. The molecule has 28 heavy (non-hydrogen) atoms. The van der Waals surface area contributed by atoms with Crippen molar-refractivity contribution in [2.45, 2.75) is 58.4 Å². The summed E-state index contributed by atoms with van der Waals surface area (Å²) in [5.41, 5.74) is 0.763. The average Bonchev–Trinajstić information content (AvgIpc) is 3.41. The summed E-state index contributed by atoms with van der Waals surface area (Å²) in [7, 11) is 0. The van der Waals surface area contributed by atoms with Crippen LogP contribution in [0.25, 0.3) is 16.9 Å². The Morgan fingerprint density at radius 1 is 1.21 bits per heavy atom. The van der Waals surface area contributed by atoms with Crippen molar-refractivity contribution in [2.75, 3.05) is 13.1 Å². The van der Waals surface area contributed by atoms with Crippen LogP contribution < -0.4 is 5.56 Å². The number of aromatic nitrogens is 6. The zero-order valence-corrected chi connectivity index (χ0v) is 17.5. The summed E-state index contributed by atoms with van der Waals surface area (Å²) in [4.78, 5) is 34.7. The number of likely N-dealkylation sites (tertiary alicyclic amines) is 1. The van der Waals surface area contributed by atoms with Gasteiger partial charge in [0.15, 0.2) is 15.9 Å². The Labute approximate surface area is 170 Å². The van der Waals surface area contributed by atoms with Crippen LogP contribution in [0.3, 0.4) is 0 Å². The van der Waals surface area contributed by atoms with Gasteiger partial charge in [0, 0.05) is 32.5 Å². The van der Waals surface area contributed by atoms with E-state index in [1.807, 2.05) is 9.47 Å². The Balaban J connectivity index is 1.70. The molecule has 0 unspecified atom stereocenters. The molecule has 1 amide bonds. The SMILES string of the molecule is CCCCCn1c2nc(Br)[nH]c2c(=O)n2c(CCC(=O)N3CCCC3)nnc12. The molecule has 1 aliphatic heterocycles. The van der Waals surface area contributed by atoms with E-state index in [1.54, 1.807) is 0 Å². The van der Waals surface area contributed by atoms with E-state index in [9.17, 15) is 9.59 Å². The largest absolute Gasteiger partial charge is 0.343 e. The molecule has 0 atom stereocenters. The molecule has 1 N–H and O–H groups in total. The lowest BCUT2D eigenvalue weighted by atomic mass is 10.2. The minimum absolute atomic E-state index is 0.114. The van der Waals surface area contributed by atoms with E-state index in [0.29, 0.717) is 46.9 Å².